The molecule has 0 aromatic carbocycles. The van der Waals surface area contributed by atoms with E-state index in [1.807, 2.05) is 0 Å². The Morgan fingerprint density at radius 2 is 2.09 bits per heavy atom. The van der Waals surface area contributed by atoms with Crippen LogP contribution in [0.25, 0.3) is 0 Å². The van der Waals surface area contributed by atoms with Crippen LogP contribution in [0.2, 0.25) is 0 Å². The molecule has 0 aromatic heterocycles. The minimum Gasteiger partial charge on any atom is -0.386 e. The second-order valence-electron chi connectivity index (χ2n) is 4.02. The van der Waals surface area contributed by atoms with Gasteiger partial charge in [-0.05, 0) is 31.1 Å². The van der Waals surface area contributed by atoms with E-state index in [0.29, 0.717) is 5.41 Å². The molecule has 2 N–H and O–H groups in total. The predicted molar refractivity (Wildman–Crippen MR) is 45.8 cm³/mol. The predicted octanol–water partition coefficient (Wildman–Crippen LogP) is 1.29. The lowest BCUT2D eigenvalue weighted by Crippen LogP contribution is -2.37. The van der Waals surface area contributed by atoms with E-state index in [9.17, 15) is 0 Å². The highest BCUT2D eigenvalue weighted by Gasteiger charge is 2.45. The van der Waals surface area contributed by atoms with Crippen molar-refractivity contribution >= 4 is 0 Å². The maximum Gasteiger partial charge on any atom is 0.0912 e. The number of hydrogen-bond acceptors (Lipinski definition) is 2. The maximum absolute atomic E-state index is 5.65. The first kappa shape index (κ1) is 7.01. The summed E-state index contributed by atoms with van der Waals surface area (Å²) < 4.78 is 0. The van der Waals surface area contributed by atoms with Crippen LogP contribution < -0.4 is 5.73 Å². The summed E-state index contributed by atoms with van der Waals surface area (Å²) in [5.41, 5.74) is 6.31. The van der Waals surface area contributed by atoms with Crippen molar-refractivity contribution in [3.63, 3.8) is 0 Å². The highest BCUT2D eigenvalue weighted by Crippen LogP contribution is 2.52. The van der Waals surface area contributed by atoms with Crippen molar-refractivity contribution in [1.29, 1.82) is 0 Å². The van der Waals surface area contributed by atoms with E-state index in [2.05, 4.69) is 11.5 Å². The zero-order valence-electron chi connectivity index (χ0n) is 6.97. The number of likely N-dealkylation sites (tertiary alicyclic amines) is 1. The second-order valence-corrected chi connectivity index (χ2v) is 4.02. The minimum atomic E-state index is 0.667. The van der Waals surface area contributed by atoms with Gasteiger partial charge in [-0.25, -0.2) is 0 Å². The van der Waals surface area contributed by atoms with E-state index in [1.165, 1.54) is 32.2 Å². The molecule has 2 fully saturated rings. The fourth-order valence-electron chi connectivity index (χ4n) is 2.04. The van der Waals surface area contributed by atoms with E-state index >= 15 is 0 Å². The maximum atomic E-state index is 5.65. The zero-order valence-corrected chi connectivity index (χ0v) is 6.97. The van der Waals surface area contributed by atoms with Gasteiger partial charge in [-0.15, -0.1) is 0 Å². The largest absolute Gasteiger partial charge is 0.386 e. The monoisotopic (exact) mass is 152 g/mol. The van der Waals surface area contributed by atoms with E-state index in [0.717, 1.165) is 12.4 Å². The number of nitrogens with two attached hydrogens (primary N) is 1. The molecule has 1 heterocycles. The summed E-state index contributed by atoms with van der Waals surface area (Å²) in [7, 11) is 0. The van der Waals surface area contributed by atoms with Gasteiger partial charge < -0.3 is 10.6 Å². The molecule has 2 rings (SSSR count). The van der Waals surface area contributed by atoms with Crippen LogP contribution in [-0.4, -0.2) is 18.0 Å². The molecule has 1 spiro atoms. The number of piperidine rings is 1. The molecule has 2 aliphatic rings. The highest BCUT2D eigenvalue weighted by molar-refractivity contribution is 5.02. The van der Waals surface area contributed by atoms with E-state index in [1.54, 1.807) is 0 Å². The Morgan fingerprint density at radius 1 is 1.36 bits per heavy atom. The van der Waals surface area contributed by atoms with E-state index < -0.39 is 0 Å². The fraction of sp³-hybridized carbons (Fsp3) is 0.778. The molecule has 2 heteroatoms. The number of rotatable bonds is 1. The molecule has 0 bridgehead atoms. The average molecular weight is 152 g/mol. The Kier molecular flexibility index (Phi) is 1.38. The Bertz CT molecular complexity index is 182. The summed E-state index contributed by atoms with van der Waals surface area (Å²) in [4.78, 5) is 2.23. The number of nitrogens with zero attached hydrogens (tertiary/aromatic N) is 1. The van der Waals surface area contributed by atoms with Crippen molar-refractivity contribution < 1.29 is 0 Å². The van der Waals surface area contributed by atoms with Crippen molar-refractivity contribution in [2.45, 2.75) is 25.7 Å². The number of hydrogen-bond donors (Lipinski definition) is 1. The summed E-state index contributed by atoms with van der Waals surface area (Å²) >= 11 is 0. The molecule has 1 aliphatic heterocycles. The summed E-state index contributed by atoms with van der Waals surface area (Å²) in [6.07, 6.45) is 5.54. The van der Waals surface area contributed by atoms with Crippen LogP contribution in [0.1, 0.15) is 25.7 Å². The Morgan fingerprint density at radius 3 is 2.64 bits per heavy atom. The Labute approximate surface area is 68.1 Å². The Balaban J connectivity index is 1.98. The molecule has 0 aromatic rings. The van der Waals surface area contributed by atoms with Gasteiger partial charge in [0.15, 0.2) is 0 Å². The third-order valence-electron chi connectivity index (χ3n) is 3.02. The molecule has 0 atom stereocenters. The van der Waals surface area contributed by atoms with Gasteiger partial charge in [-0.2, -0.15) is 0 Å². The first-order valence-corrected chi connectivity index (χ1v) is 4.41. The normalized spacial score (nSPS) is 27.1. The third kappa shape index (κ3) is 1.22. The van der Waals surface area contributed by atoms with Gasteiger partial charge in [-0.3, -0.25) is 0 Å². The lowest BCUT2D eigenvalue weighted by molar-refractivity contribution is 0.200. The molecule has 0 radical (unpaired) electrons. The van der Waals surface area contributed by atoms with Crippen LogP contribution in [0, 0.1) is 5.41 Å². The van der Waals surface area contributed by atoms with Gasteiger partial charge in [-0.1, -0.05) is 6.58 Å². The first-order valence-electron chi connectivity index (χ1n) is 4.41. The molecular formula is C9H16N2. The summed E-state index contributed by atoms with van der Waals surface area (Å²) in [6, 6.07) is 0. The smallest absolute Gasteiger partial charge is 0.0912 e. The molecule has 1 aliphatic carbocycles. The van der Waals surface area contributed by atoms with Gasteiger partial charge in [0.1, 0.15) is 0 Å². The molecule has 1 saturated heterocycles. The molecular weight excluding hydrogens is 136 g/mol. The van der Waals surface area contributed by atoms with E-state index in [-0.39, 0.29) is 0 Å². The summed E-state index contributed by atoms with van der Waals surface area (Å²) in [6.45, 7) is 6.07. The van der Waals surface area contributed by atoms with Crippen molar-refractivity contribution in [1.82, 2.24) is 4.90 Å². The van der Waals surface area contributed by atoms with Crippen LogP contribution >= 0.6 is 0 Å². The first-order chi connectivity index (χ1) is 5.22. The molecule has 0 amide bonds. The van der Waals surface area contributed by atoms with Crippen molar-refractivity contribution in [2.24, 2.45) is 11.1 Å². The van der Waals surface area contributed by atoms with Crippen LogP contribution in [0.4, 0.5) is 0 Å². The zero-order chi connectivity index (χ0) is 7.90. The standard InChI is InChI=1S/C9H16N2/c1-8(10)11-6-2-3-9(7-11)4-5-9/h1-7,10H2. The molecule has 0 unspecified atom stereocenters. The summed E-state index contributed by atoms with van der Waals surface area (Å²) in [5, 5.41) is 0. The van der Waals surface area contributed by atoms with Crippen molar-refractivity contribution in [2.75, 3.05) is 13.1 Å². The van der Waals surface area contributed by atoms with Crippen LogP contribution in [-0.2, 0) is 0 Å². The van der Waals surface area contributed by atoms with Crippen LogP contribution in [0.15, 0.2) is 12.4 Å². The molecule has 62 valence electrons. The molecule has 11 heavy (non-hydrogen) atoms. The highest BCUT2D eigenvalue weighted by atomic mass is 15.2. The Hall–Kier alpha value is -0.660. The van der Waals surface area contributed by atoms with Crippen LogP contribution in [0.5, 0.6) is 0 Å². The minimum absolute atomic E-state index is 0.667. The average Bonchev–Trinajstić information content (AvgIpc) is 2.69. The van der Waals surface area contributed by atoms with Gasteiger partial charge >= 0.3 is 0 Å². The quantitative estimate of drug-likeness (QED) is 0.613. The third-order valence-corrected chi connectivity index (χ3v) is 3.02. The van der Waals surface area contributed by atoms with Gasteiger partial charge in [0, 0.05) is 13.1 Å². The van der Waals surface area contributed by atoms with Crippen LogP contribution in [0.3, 0.4) is 0 Å². The lowest BCUT2D eigenvalue weighted by Gasteiger charge is -2.34. The van der Waals surface area contributed by atoms with Gasteiger partial charge in [0.2, 0.25) is 0 Å². The SMILES string of the molecule is C=C(N)N1CCCC2(CC2)C1. The topological polar surface area (TPSA) is 29.3 Å². The lowest BCUT2D eigenvalue weighted by atomic mass is 9.95. The molecule has 1 saturated carbocycles. The fourth-order valence-corrected chi connectivity index (χ4v) is 2.04. The van der Waals surface area contributed by atoms with Gasteiger partial charge in [0.25, 0.3) is 0 Å². The summed E-state index contributed by atoms with van der Waals surface area (Å²) in [5.74, 6) is 0.760. The van der Waals surface area contributed by atoms with Crippen molar-refractivity contribution in [3.8, 4) is 0 Å². The molecule has 2 nitrogen and oxygen atoms in total. The van der Waals surface area contributed by atoms with E-state index in [4.69, 9.17) is 5.73 Å². The second kappa shape index (κ2) is 2.16. The van der Waals surface area contributed by atoms with Crippen molar-refractivity contribution in [3.05, 3.63) is 12.4 Å². The van der Waals surface area contributed by atoms with Gasteiger partial charge in [0.05, 0.1) is 5.82 Å².